The van der Waals surface area contributed by atoms with Gasteiger partial charge in [-0.3, -0.25) is 18.6 Å². The van der Waals surface area contributed by atoms with Crippen LogP contribution in [0.4, 0.5) is 0 Å². The summed E-state index contributed by atoms with van der Waals surface area (Å²) in [5.41, 5.74) is 0. The normalized spacial score (nSPS) is 14.1. The number of aliphatic hydroxyl groups excluding tert-OH is 2. The molecule has 0 aliphatic heterocycles. The molecule has 1 unspecified atom stereocenters. The predicted octanol–water partition coefficient (Wildman–Crippen LogP) is 10.4. The Balaban J connectivity index is 4.35. The number of ether oxygens (including phenoxy) is 2. The van der Waals surface area contributed by atoms with E-state index in [0.717, 1.165) is 32.1 Å². The quantitative estimate of drug-likeness (QED) is 0.0240. The molecule has 0 aromatic rings. The van der Waals surface area contributed by atoms with E-state index in [9.17, 15) is 24.2 Å². The van der Waals surface area contributed by atoms with Gasteiger partial charge in [0.25, 0.3) is 0 Å². The van der Waals surface area contributed by atoms with Crippen LogP contribution >= 0.6 is 7.82 Å². The van der Waals surface area contributed by atoms with Gasteiger partial charge in [-0.2, -0.15) is 0 Å². The Labute approximate surface area is 311 Å². The molecule has 0 aliphatic carbocycles. The van der Waals surface area contributed by atoms with Crippen molar-refractivity contribution < 1.29 is 47.8 Å². The molecular formula is C40H77O10P. The summed E-state index contributed by atoms with van der Waals surface area (Å²) < 4.78 is 32.6. The van der Waals surface area contributed by atoms with Gasteiger partial charge in [-0.05, 0) is 25.7 Å². The fourth-order valence-corrected chi connectivity index (χ4v) is 6.51. The Morgan fingerprint density at radius 2 is 1.00 bits per heavy atom. The summed E-state index contributed by atoms with van der Waals surface area (Å²) in [6, 6.07) is 0. The van der Waals surface area contributed by atoms with E-state index in [2.05, 4.69) is 24.4 Å². The first-order valence-corrected chi connectivity index (χ1v) is 22.1. The molecule has 0 amide bonds. The summed E-state index contributed by atoms with van der Waals surface area (Å²) >= 11 is 0. The van der Waals surface area contributed by atoms with Crippen LogP contribution in [0.25, 0.3) is 0 Å². The third-order valence-electron chi connectivity index (χ3n) is 8.93. The van der Waals surface area contributed by atoms with E-state index in [1.54, 1.807) is 0 Å². The summed E-state index contributed by atoms with van der Waals surface area (Å²) in [5, 5.41) is 18.3. The van der Waals surface area contributed by atoms with Crippen molar-refractivity contribution in [2.24, 2.45) is 0 Å². The highest BCUT2D eigenvalue weighted by molar-refractivity contribution is 7.47. The third-order valence-corrected chi connectivity index (χ3v) is 9.88. The van der Waals surface area contributed by atoms with Gasteiger partial charge >= 0.3 is 19.8 Å². The summed E-state index contributed by atoms with van der Waals surface area (Å²) in [5.74, 6) is -0.973. The van der Waals surface area contributed by atoms with Gasteiger partial charge in [0.15, 0.2) is 6.10 Å². The van der Waals surface area contributed by atoms with Crippen LogP contribution < -0.4 is 0 Å². The van der Waals surface area contributed by atoms with Crippen molar-refractivity contribution in [3.05, 3.63) is 12.2 Å². The maximum absolute atomic E-state index is 12.5. The van der Waals surface area contributed by atoms with Crippen molar-refractivity contribution in [3.63, 3.8) is 0 Å². The van der Waals surface area contributed by atoms with Crippen LogP contribution in [-0.4, -0.2) is 65.7 Å². The van der Waals surface area contributed by atoms with Crippen LogP contribution in [0.5, 0.6) is 0 Å². The number of aliphatic hydroxyl groups is 2. The minimum atomic E-state index is -4.62. The number of hydrogen-bond acceptors (Lipinski definition) is 9. The Morgan fingerprint density at radius 3 is 1.49 bits per heavy atom. The zero-order valence-corrected chi connectivity index (χ0v) is 33.5. The van der Waals surface area contributed by atoms with E-state index in [4.69, 9.17) is 19.1 Å². The van der Waals surface area contributed by atoms with Gasteiger partial charge in [0.05, 0.1) is 19.8 Å². The number of unbranched alkanes of at least 4 members (excludes halogenated alkanes) is 23. The molecule has 3 atom stereocenters. The smallest absolute Gasteiger partial charge is 0.462 e. The lowest BCUT2D eigenvalue weighted by Gasteiger charge is -2.20. The van der Waals surface area contributed by atoms with E-state index < -0.39 is 51.8 Å². The monoisotopic (exact) mass is 749 g/mol. The van der Waals surface area contributed by atoms with E-state index >= 15 is 0 Å². The standard InChI is InChI=1S/C40H77O10P/c1-3-5-7-9-11-13-15-17-18-20-22-24-26-28-30-32-40(44)50-38(36-49-51(45,46)48-34-37(42)33-41)35-47-39(43)31-29-27-25-23-21-19-16-14-12-10-8-6-4-2/h26,28,37-38,41-42H,3-25,27,29-36H2,1-2H3,(H,45,46)/b28-26+/t37-,38+/m0/s1. The van der Waals surface area contributed by atoms with Crippen molar-refractivity contribution in [1.29, 1.82) is 0 Å². The highest BCUT2D eigenvalue weighted by atomic mass is 31.2. The number of esters is 2. The largest absolute Gasteiger partial charge is 0.472 e. The van der Waals surface area contributed by atoms with Gasteiger partial charge in [0.1, 0.15) is 12.7 Å². The van der Waals surface area contributed by atoms with E-state index in [-0.39, 0.29) is 19.4 Å². The zero-order chi connectivity index (χ0) is 37.7. The molecule has 0 bridgehead atoms. The van der Waals surface area contributed by atoms with Gasteiger partial charge < -0.3 is 24.6 Å². The molecule has 3 N–H and O–H groups in total. The highest BCUT2D eigenvalue weighted by Crippen LogP contribution is 2.43. The number of rotatable bonds is 39. The van der Waals surface area contributed by atoms with E-state index in [0.29, 0.717) is 12.8 Å². The molecule has 0 aromatic carbocycles. The average molecular weight is 749 g/mol. The molecule has 0 radical (unpaired) electrons. The molecule has 0 rings (SSSR count). The number of carbonyl (C=O) groups excluding carboxylic acids is 2. The van der Waals surface area contributed by atoms with Crippen LogP contribution in [0.3, 0.4) is 0 Å². The van der Waals surface area contributed by atoms with Crippen molar-refractivity contribution >= 4 is 19.8 Å². The Hall–Kier alpha value is -1.29. The Morgan fingerprint density at radius 1 is 0.569 bits per heavy atom. The molecule has 0 aliphatic rings. The maximum Gasteiger partial charge on any atom is 0.472 e. The lowest BCUT2D eigenvalue weighted by molar-refractivity contribution is -0.161. The summed E-state index contributed by atoms with van der Waals surface area (Å²) in [6.07, 6.45) is 33.3. The van der Waals surface area contributed by atoms with Gasteiger partial charge in [-0.25, -0.2) is 4.57 Å². The van der Waals surface area contributed by atoms with Crippen molar-refractivity contribution in [1.82, 2.24) is 0 Å². The average Bonchev–Trinajstić information content (AvgIpc) is 3.12. The Kier molecular flexibility index (Phi) is 36.1. The topological polar surface area (TPSA) is 149 Å². The summed E-state index contributed by atoms with van der Waals surface area (Å²) in [7, 11) is -4.62. The Bertz CT molecular complexity index is 868. The lowest BCUT2D eigenvalue weighted by Crippen LogP contribution is -2.29. The molecule has 51 heavy (non-hydrogen) atoms. The zero-order valence-electron chi connectivity index (χ0n) is 32.6. The van der Waals surface area contributed by atoms with Gasteiger partial charge in [-0.15, -0.1) is 0 Å². The second-order valence-corrected chi connectivity index (χ2v) is 15.5. The van der Waals surface area contributed by atoms with Gasteiger partial charge in [-0.1, -0.05) is 167 Å². The minimum absolute atomic E-state index is 0.105. The first kappa shape index (κ1) is 49.7. The fraction of sp³-hybridized carbons (Fsp3) is 0.900. The highest BCUT2D eigenvalue weighted by Gasteiger charge is 2.27. The first-order valence-electron chi connectivity index (χ1n) is 20.6. The number of phosphoric acid groups is 1. The molecule has 0 heterocycles. The van der Waals surface area contributed by atoms with Gasteiger partial charge in [0.2, 0.25) is 0 Å². The van der Waals surface area contributed by atoms with Crippen LogP contribution in [-0.2, 0) is 32.7 Å². The second kappa shape index (κ2) is 37.0. The molecule has 0 spiro atoms. The molecule has 0 saturated carbocycles. The summed E-state index contributed by atoms with van der Waals surface area (Å²) in [4.78, 5) is 34.8. The van der Waals surface area contributed by atoms with Crippen LogP contribution in [0.1, 0.15) is 194 Å². The SMILES string of the molecule is CCCCCCCCCCCCC/C=C/CCC(=O)O[C@H](COC(=O)CCCCCCCCCCCCCCC)COP(=O)(O)OC[C@@H](O)CO. The molecule has 0 saturated heterocycles. The van der Waals surface area contributed by atoms with Crippen molar-refractivity contribution in [2.45, 2.75) is 206 Å². The second-order valence-electron chi connectivity index (χ2n) is 14.0. The number of hydrogen-bond donors (Lipinski definition) is 3. The van der Waals surface area contributed by atoms with E-state index in [1.807, 2.05) is 6.08 Å². The molecule has 0 fully saturated rings. The molecule has 11 heteroatoms. The number of allylic oxidation sites excluding steroid dienone is 2. The maximum atomic E-state index is 12.5. The molecule has 10 nitrogen and oxygen atoms in total. The third kappa shape index (κ3) is 36.8. The summed E-state index contributed by atoms with van der Waals surface area (Å²) in [6.45, 7) is 2.35. The molecule has 0 aromatic heterocycles. The minimum Gasteiger partial charge on any atom is -0.462 e. The molecule has 302 valence electrons. The first-order chi connectivity index (χ1) is 24.7. The van der Waals surface area contributed by atoms with Crippen molar-refractivity contribution in [2.75, 3.05) is 26.4 Å². The number of carbonyl (C=O) groups is 2. The van der Waals surface area contributed by atoms with E-state index in [1.165, 1.54) is 122 Å². The predicted molar refractivity (Wildman–Crippen MR) is 205 cm³/mol. The number of phosphoric ester groups is 1. The lowest BCUT2D eigenvalue weighted by atomic mass is 10.0. The van der Waals surface area contributed by atoms with Crippen molar-refractivity contribution in [3.8, 4) is 0 Å². The van der Waals surface area contributed by atoms with Crippen LogP contribution in [0, 0.1) is 0 Å². The molecular weight excluding hydrogens is 671 g/mol. The van der Waals surface area contributed by atoms with Crippen LogP contribution in [0.15, 0.2) is 12.2 Å². The fourth-order valence-electron chi connectivity index (χ4n) is 5.72. The van der Waals surface area contributed by atoms with Gasteiger partial charge in [0, 0.05) is 12.8 Å². The van der Waals surface area contributed by atoms with Crippen LogP contribution in [0.2, 0.25) is 0 Å².